The molecule has 1 heterocycles. The van der Waals surface area contributed by atoms with Crippen LogP contribution in [0.2, 0.25) is 0 Å². The molecule has 4 N–H and O–H groups in total. The number of hydrogen-bond acceptors (Lipinski definition) is 5. The molecule has 1 fully saturated rings. The standard InChI is InChI=1S/C19H36N4O4/c1-12(2)11-13(14(17(25)22-27)23-9-7-8-10-23)16(24)21-15(18(26)20-6)19(3,4)5/h12-15,27H,7-11H2,1-6H3,(H,20,26)(H,21,24)(H,22,25)/t13-,14-,15+/m0/s1. The molecular weight excluding hydrogens is 348 g/mol. The quantitative estimate of drug-likeness (QED) is 0.367. The van der Waals surface area contributed by atoms with Crippen LogP contribution in [0.4, 0.5) is 0 Å². The van der Waals surface area contributed by atoms with E-state index in [1.807, 2.05) is 39.5 Å². The largest absolute Gasteiger partial charge is 0.357 e. The van der Waals surface area contributed by atoms with Gasteiger partial charge in [0.2, 0.25) is 11.8 Å². The first kappa shape index (κ1) is 23.4. The highest BCUT2D eigenvalue weighted by Crippen LogP contribution is 2.26. The maximum absolute atomic E-state index is 13.2. The smallest absolute Gasteiger partial charge is 0.261 e. The Morgan fingerprint density at radius 1 is 1.04 bits per heavy atom. The molecule has 0 bridgehead atoms. The minimum Gasteiger partial charge on any atom is -0.357 e. The lowest BCUT2D eigenvalue weighted by Gasteiger charge is -2.36. The summed E-state index contributed by atoms with van der Waals surface area (Å²) in [5.41, 5.74) is 1.24. The highest BCUT2D eigenvalue weighted by molar-refractivity contribution is 5.93. The van der Waals surface area contributed by atoms with E-state index < -0.39 is 29.3 Å². The Morgan fingerprint density at radius 3 is 2.00 bits per heavy atom. The van der Waals surface area contributed by atoms with Crippen LogP contribution in [0.5, 0.6) is 0 Å². The van der Waals surface area contributed by atoms with Crippen LogP contribution in [0.25, 0.3) is 0 Å². The van der Waals surface area contributed by atoms with E-state index in [0.717, 1.165) is 12.8 Å². The minimum absolute atomic E-state index is 0.172. The molecule has 0 aliphatic carbocycles. The average molecular weight is 385 g/mol. The number of nitrogens with zero attached hydrogens (tertiary/aromatic N) is 1. The summed E-state index contributed by atoms with van der Waals surface area (Å²) in [5, 5.41) is 14.7. The molecule has 8 nitrogen and oxygen atoms in total. The van der Waals surface area contributed by atoms with Crippen LogP contribution in [0, 0.1) is 17.3 Å². The van der Waals surface area contributed by atoms with Crippen molar-refractivity contribution in [3.63, 3.8) is 0 Å². The van der Waals surface area contributed by atoms with Crippen molar-refractivity contribution in [2.75, 3.05) is 20.1 Å². The zero-order valence-electron chi connectivity index (χ0n) is 17.5. The van der Waals surface area contributed by atoms with Gasteiger partial charge in [-0.3, -0.25) is 24.5 Å². The van der Waals surface area contributed by atoms with Gasteiger partial charge in [0.25, 0.3) is 5.91 Å². The predicted molar refractivity (Wildman–Crippen MR) is 103 cm³/mol. The molecule has 0 saturated carbocycles. The molecule has 0 aromatic carbocycles. The first-order valence-corrected chi connectivity index (χ1v) is 9.72. The van der Waals surface area contributed by atoms with E-state index in [0.29, 0.717) is 19.5 Å². The van der Waals surface area contributed by atoms with Crippen molar-refractivity contribution in [2.45, 2.75) is 66.0 Å². The van der Waals surface area contributed by atoms with E-state index in [2.05, 4.69) is 10.6 Å². The van der Waals surface area contributed by atoms with Gasteiger partial charge in [0.15, 0.2) is 0 Å². The summed E-state index contributed by atoms with van der Waals surface area (Å²) in [6.07, 6.45) is 2.38. The molecule has 0 unspecified atom stereocenters. The van der Waals surface area contributed by atoms with Crippen LogP contribution in [0.3, 0.4) is 0 Å². The number of rotatable bonds is 8. The van der Waals surface area contributed by atoms with E-state index in [-0.39, 0.29) is 17.7 Å². The number of carbonyl (C=O) groups excluding carboxylic acids is 3. The van der Waals surface area contributed by atoms with Crippen molar-refractivity contribution in [3.05, 3.63) is 0 Å². The Bertz CT molecular complexity index is 524. The van der Waals surface area contributed by atoms with Crippen molar-refractivity contribution < 1.29 is 19.6 Å². The normalized spacial score (nSPS) is 18.7. The average Bonchev–Trinajstić information content (AvgIpc) is 3.10. The van der Waals surface area contributed by atoms with E-state index >= 15 is 0 Å². The van der Waals surface area contributed by atoms with Crippen molar-refractivity contribution >= 4 is 17.7 Å². The van der Waals surface area contributed by atoms with Crippen molar-refractivity contribution in [3.8, 4) is 0 Å². The summed E-state index contributed by atoms with van der Waals surface area (Å²) in [6.45, 7) is 11.0. The molecule has 0 aromatic heterocycles. The van der Waals surface area contributed by atoms with Crippen molar-refractivity contribution in [1.82, 2.24) is 21.0 Å². The van der Waals surface area contributed by atoms with Gasteiger partial charge >= 0.3 is 0 Å². The maximum Gasteiger partial charge on any atom is 0.261 e. The number of carbonyl (C=O) groups is 3. The van der Waals surface area contributed by atoms with Gasteiger partial charge in [0.05, 0.1) is 5.92 Å². The summed E-state index contributed by atoms with van der Waals surface area (Å²) in [4.78, 5) is 39.9. The number of hydrogen-bond donors (Lipinski definition) is 4. The van der Waals surface area contributed by atoms with Gasteiger partial charge in [-0.2, -0.15) is 0 Å². The van der Waals surface area contributed by atoms with Crippen LogP contribution in [0.1, 0.15) is 53.9 Å². The van der Waals surface area contributed by atoms with E-state index in [9.17, 15) is 19.6 Å². The molecule has 0 radical (unpaired) electrons. The highest BCUT2D eigenvalue weighted by atomic mass is 16.5. The van der Waals surface area contributed by atoms with Gasteiger partial charge in [0, 0.05) is 7.05 Å². The first-order chi connectivity index (χ1) is 12.5. The lowest BCUT2D eigenvalue weighted by Crippen LogP contribution is -2.58. The fourth-order valence-corrected chi connectivity index (χ4v) is 3.65. The molecule has 1 saturated heterocycles. The van der Waals surface area contributed by atoms with E-state index in [1.165, 1.54) is 7.05 Å². The number of hydroxylamine groups is 1. The van der Waals surface area contributed by atoms with Crippen molar-refractivity contribution in [1.29, 1.82) is 0 Å². The van der Waals surface area contributed by atoms with Gasteiger partial charge in [-0.05, 0) is 43.7 Å². The molecular formula is C19H36N4O4. The summed E-state index contributed by atoms with van der Waals surface area (Å²) in [5.74, 6) is -1.68. The Hall–Kier alpha value is -1.67. The summed E-state index contributed by atoms with van der Waals surface area (Å²) in [6, 6.07) is -1.48. The van der Waals surface area contributed by atoms with Crippen LogP contribution in [0.15, 0.2) is 0 Å². The Labute approximate surface area is 162 Å². The number of likely N-dealkylation sites (tertiary alicyclic amines) is 1. The van der Waals surface area contributed by atoms with Crippen LogP contribution in [-0.2, 0) is 14.4 Å². The molecule has 1 aliphatic rings. The van der Waals surface area contributed by atoms with Crippen LogP contribution >= 0.6 is 0 Å². The molecule has 8 heteroatoms. The molecule has 3 amide bonds. The Balaban J connectivity index is 3.16. The predicted octanol–water partition coefficient (Wildman–Crippen LogP) is 0.895. The Kier molecular flexibility index (Phi) is 8.68. The van der Waals surface area contributed by atoms with Crippen molar-refractivity contribution in [2.24, 2.45) is 17.3 Å². The lowest BCUT2D eigenvalue weighted by atomic mass is 9.84. The monoisotopic (exact) mass is 384 g/mol. The maximum atomic E-state index is 13.2. The SMILES string of the molecule is CNC(=O)[C@@H](NC(=O)[C@@H](CC(C)C)[C@@H](C(=O)NO)N1CCCC1)C(C)(C)C. The number of amides is 3. The fraction of sp³-hybridized carbons (Fsp3) is 0.842. The zero-order valence-corrected chi connectivity index (χ0v) is 17.5. The molecule has 1 aliphatic heterocycles. The molecule has 0 aromatic rings. The van der Waals surface area contributed by atoms with Gasteiger partial charge in [-0.25, -0.2) is 5.48 Å². The third-order valence-corrected chi connectivity index (χ3v) is 5.02. The topological polar surface area (TPSA) is 111 Å². The number of nitrogens with one attached hydrogen (secondary N) is 3. The zero-order chi connectivity index (χ0) is 20.8. The fourth-order valence-electron chi connectivity index (χ4n) is 3.65. The van der Waals surface area contributed by atoms with E-state index in [1.54, 1.807) is 5.48 Å². The second-order valence-electron chi connectivity index (χ2n) is 8.82. The second-order valence-corrected chi connectivity index (χ2v) is 8.82. The third-order valence-electron chi connectivity index (χ3n) is 5.02. The summed E-state index contributed by atoms with van der Waals surface area (Å²) < 4.78 is 0. The van der Waals surface area contributed by atoms with Gasteiger partial charge in [-0.15, -0.1) is 0 Å². The second kappa shape index (κ2) is 10.0. The summed E-state index contributed by atoms with van der Waals surface area (Å²) >= 11 is 0. The van der Waals surface area contributed by atoms with Crippen LogP contribution in [-0.4, -0.2) is 60.0 Å². The molecule has 27 heavy (non-hydrogen) atoms. The van der Waals surface area contributed by atoms with E-state index in [4.69, 9.17) is 0 Å². The molecule has 0 spiro atoms. The van der Waals surface area contributed by atoms with Crippen LogP contribution < -0.4 is 16.1 Å². The highest BCUT2D eigenvalue weighted by Gasteiger charge is 2.41. The Morgan fingerprint density at radius 2 is 1.59 bits per heavy atom. The lowest BCUT2D eigenvalue weighted by molar-refractivity contribution is -0.143. The van der Waals surface area contributed by atoms with Gasteiger partial charge in [-0.1, -0.05) is 34.6 Å². The number of likely N-dealkylation sites (N-methyl/N-ethyl adjacent to an activating group) is 1. The molecule has 1 rings (SSSR count). The molecule has 3 atom stereocenters. The molecule has 156 valence electrons. The minimum atomic E-state index is -0.759. The third kappa shape index (κ3) is 6.46. The van der Waals surface area contributed by atoms with Gasteiger partial charge < -0.3 is 10.6 Å². The van der Waals surface area contributed by atoms with Gasteiger partial charge in [0.1, 0.15) is 12.1 Å². The first-order valence-electron chi connectivity index (χ1n) is 9.72. The summed E-state index contributed by atoms with van der Waals surface area (Å²) in [7, 11) is 1.53.